The van der Waals surface area contributed by atoms with Crippen LogP contribution in [-0.4, -0.2) is 30.3 Å². The number of methoxy groups -OCH3 is 2. The Morgan fingerprint density at radius 3 is 2.42 bits per heavy atom. The van der Waals surface area contributed by atoms with E-state index in [1.54, 1.807) is 26.5 Å². The van der Waals surface area contributed by atoms with Crippen LogP contribution < -0.4 is 9.47 Å². The van der Waals surface area contributed by atoms with Crippen molar-refractivity contribution in [1.82, 2.24) is 4.98 Å². The Morgan fingerprint density at radius 2 is 1.89 bits per heavy atom. The number of ether oxygens (including phenoxy) is 2. The number of carbonyl (C=O) groups is 1. The summed E-state index contributed by atoms with van der Waals surface area (Å²) >= 11 is 1.35. The number of aliphatic carboxylic acids is 1. The molecule has 5 nitrogen and oxygen atoms in total. The maximum atomic E-state index is 10.7. The van der Waals surface area contributed by atoms with E-state index in [0.29, 0.717) is 16.4 Å². The van der Waals surface area contributed by atoms with E-state index < -0.39 is 5.97 Å². The van der Waals surface area contributed by atoms with Gasteiger partial charge in [0.15, 0.2) is 0 Å². The second kappa shape index (κ2) is 5.71. The van der Waals surface area contributed by atoms with Crippen LogP contribution in [0.3, 0.4) is 0 Å². The van der Waals surface area contributed by atoms with E-state index in [-0.39, 0.29) is 6.42 Å². The molecule has 0 aliphatic carbocycles. The van der Waals surface area contributed by atoms with Crippen LogP contribution >= 0.6 is 11.3 Å². The molecular weight excluding hydrogens is 266 g/mol. The van der Waals surface area contributed by atoms with Gasteiger partial charge in [-0.1, -0.05) is 0 Å². The highest BCUT2D eigenvalue weighted by Crippen LogP contribution is 2.32. The number of aromatic nitrogens is 1. The molecule has 1 aromatic heterocycles. The van der Waals surface area contributed by atoms with Crippen LogP contribution in [0.4, 0.5) is 0 Å². The molecule has 1 aromatic carbocycles. The lowest BCUT2D eigenvalue weighted by Crippen LogP contribution is -1.97. The van der Waals surface area contributed by atoms with Crippen LogP contribution in [0, 0.1) is 0 Å². The fraction of sp³-hybridized carbons (Fsp3) is 0.231. The number of carboxylic acid groups (broad SMARTS) is 1. The first-order chi connectivity index (χ1) is 9.12. The molecule has 0 amide bonds. The number of hydrogen-bond donors (Lipinski definition) is 1. The number of nitrogens with zero attached hydrogens (tertiary/aromatic N) is 1. The van der Waals surface area contributed by atoms with Crippen molar-refractivity contribution in [3.05, 3.63) is 29.3 Å². The molecule has 0 spiro atoms. The number of rotatable bonds is 5. The van der Waals surface area contributed by atoms with Gasteiger partial charge in [-0.15, -0.1) is 11.3 Å². The van der Waals surface area contributed by atoms with Crippen molar-refractivity contribution < 1.29 is 19.4 Å². The first kappa shape index (κ1) is 13.4. The van der Waals surface area contributed by atoms with Crippen molar-refractivity contribution in [2.45, 2.75) is 6.42 Å². The summed E-state index contributed by atoms with van der Waals surface area (Å²) in [7, 11) is 3.16. The predicted octanol–water partition coefficient (Wildman–Crippen LogP) is 2.45. The quantitative estimate of drug-likeness (QED) is 0.910. The third-order valence-corrected chi connectivity index (χ3v) is 3.52. The molecule has 6 heteroatoms. The Kier molecular flexibility index (Phi) is 4.01. The van der Waals surface area contributed by atoms with Gasteiger partial charge < -0.3 is 14.6 Å². The largest absolute Gasteiger partial charge is 0.497 e. The zero-order valence-electron chi connectivity index (χ0n) is 10.5. The lowest BCUT2D eigenvalue weighted by atomic mass is 10.2. The average molecular weight is 279 g/mol. The van der Waals surface area contributed by atoms with Gasteiger partial charge in [0, 0.05) is 22.7 Å². The average Bonchev–Trinajstić information content (AvgIpc) is 2.85. The molecule has 0 saturated heterocycles. The summed E-state index contributed by atoms with van der Waals surface area (Å²) < 4.78 is 10.4. The lowest BCUT2D eigenvalue weighted by molar-refractivity contribution is -0.136. The molecule has 1 N–H and O–H groups in total. The third-order valence-electron chi connectivity index (χ3n) is 2.48. The number of thiazole rings is 1. The summed E-state index contributed by atoms with van der Waals surface area (Å²) in [4.78, 5) is 15.6. The molecule has 0 aliphatic rings. The minimum atomic E-state index is -0.863. The molecule has 0 saturated carbocycles. The summed E-state index contributed by atoms with van der Waals surface area (Å²) in [6.07, 6.45) is 1.57. The highest BCUT2D eigenvalue weighted by Gasteiger charge is 2.10. The van der Waals surface area contributed by atoms with E-state index in [1.165, 1.54) is 11.3 Å². The summed E-state index contributed by atoms with van der Waals surface area (Å²) in [6, 6.07) is 5.45. The topological polar surface area (TPSA) is 68.7 Å². The van der Waals surface area contributed by atoms with Gasteiger partial charge in [0.05, 0.1) is 20.6 Å². The Labute approximate surface area is 114 Å². The normalized spacial score (nSPS) is 10.2. The smallest absolute Gasteiger partial charge is 0.308 e. The third kappa shape index (κ3) is 3.23. The molecule has 1 heterocycles. The summed E-state index contributed by atoms with van der Waals surface area (Å²) in [5.74, 6) is 0.479. The molecule has 100 valence electrons. The highest BCUT2D eigenvalue weighted by atomic mass is 32.1. The molecule has 2 rings (SSSR count). The predicted molar refractivity (Wildman–Crippen MR) is 72.0 cm³/mol. The van der Waals surface area contributed by atoms with Crippen molar-refractivity contribution in [1.29, 1.82) is 0 Å². The van der Waals surface area contributed by atoms with Gasteiger partial charge >= 0.3 is 5.97 Å². The molecule has 0 fully saturated rings. The zero-order chi connectivity index (χ0) is 13.8. The van der Waals surface area contributed by atoms with Gasteiger partial charge in [0.25, 0.3) is 0 Å². The Balaban J connectivity index is 2.35. The van der Waals surface area contributed by atoms with E-state index in [9.17, 15) is 4.79 Å². The van der Waals surface area contributed by atoms with Gasteiger partial charge in [-0.05, 0) is 12.1 Å². The molecule has 19 heavy (non-hydrogen) atoms. The fourth-order valence-corrected chi connectivity index (χ4v) is 2.49. The molecule has 0 aliphatic heterocycles. The van der Waals surface area contributed by atoms with Gasteiger partial charge in [-0.2, -0.15) is 0 Å². The maximum Gasteiger partial charge on any atom is 0.308 e. The first-order valence-corrected chi connectivity index (χ1v) is 6.34. The number of carboxylic acids is 1. The Morgan fingerprint density at radius 1 is 1.26 bits per heavy atom. The van der Waals surface area contributed by atoms with Crippen LogP contribution in [0.25, 0.3) is 10.6 Å². The van der Waals surface area contributed by atoms with Gasteiger partial charge in [-0.3, -0.25) is 4.79 Å². The Hall–Kier alpha value is -2.08. The number of hydrogen-bond acceptors (Lipinski definition) is 5. The van der Waals surface area contributed by atoms with E-state index >= 15 is 0 Å². The van der Waals surface area contributed by atoms with Crippen molar-refractivity contribution in [2.24, 2.45) is 0 Å². The van der Waals surface area contributed by atoms with Crippen molar-refractivity contribution in [3.8, 4) is 22.1 Å². The minimum absolute atomic E-state index is 0.0151. The SMILES string of the molecule is COc1cc(OC)cc(-c2ncc(CC(=O)O)s2)c1. The van der Waals surface area contributed by atoms with E-state index in [0.717, 1.165) is 10.6 Å². The molecule has 0 radical (unpaired) electrons. The summed E-state index contributed by atoms with van der Waals surface area (Å²) in [5, 5.41) is 9.49. The molecule has 0 unspecified atom stereocenters. The van der Waals surface area contributed by atoms with Crippen molar-refractivity contribution in [3.63, 3.8) is 0 Å². The lowest BCUT2D eigenvalue weighted by Gasteiger charge is -2.06. The van der Waals surface area contributed by atoms with Gasteiger partial charge in [-0.25, -0.2) is 4.98 Å². The van der Waals surface area contributed by atoms with Gasteiger partial charge in [0.1, 0.15) is 16.5 Å². The standard InChI is InChI=1S/C13H13NO4S/c1-17-9-3-8(4-10(5-9)18-2)13-14-7-11(19-13)6-12(15)16/h3-5,7H,6H2,1-2H3,(H,15,16). The highest BCUT2D eigenvalue weighted by molar-refractivity contribution is 7.15. The van der Waals surface area contributed by atoms with Crippen LogP contribution in [0.2, 0.25) is 0 Å². The van der Waals surface area contributed by atoms with E-state index in [2.05, 4.69) is 4.98 Å². The summed E-state index contributed by atoms with van der Waals surface area (Å²) in [6.45, 7) is 0. The molecular formula is C13H13NO4S. The van der Waals surface area contributed by atoms with E-state index in [4.69, 9.17) is 14.6 Å². The molecule has 2 aromatic rings. The number of benzene rings is 1. The van der Waals surface area contributed by atoms with Crippen LogP contribution in [0.1, 0.15) is 4.88 Å². The summed E-state index contributed by atoms with van der Waals surface area (Å²) in [5.41, 5.74) is 0.845. The first-order valence-electron chi connectivity index (χ1n) is 5.52. The minimum Gasteiger partial charge on any atom is -0.497 e. The fourth-order valence-electron chi connectivity index (χ4n) is 1.60. The van der Waals surface area contributed by atoms with Crippen LogP contribution in [0.5, 0.6) is 11.5 Å². The van der Waals surface area contributed by atoms with Crippen molar-refractivity contribution >= 4 is 17.3 Å². The van der Waals surface area contributed by atoms with Gasteiger partial charge in [0.2, 0.25) is 0 Å². The Bertz CT molecular complexity index is 572. The van der Waals surface area contributed by atoms with Crippen molar-refractivity contribution in [2.75, 3.05) is 14.2 Å². The monoisotopic (exact) mass is 279 g/mol. The second-order valence-corrected chi connectivity index (χ2v) is 4.92. The molecule has 0 atom stereocenters. The maximum absolute atomic E-state index is 10.7. The van der Waals surface area contributed by atoms with Crippen LogP contribution in [0.15, 0.2) is 24.4 Å². The molecule has 0 bridgehead atoms. The second-order valence-electron chi connectivity index (χ2n) is 3.80. The zero-order valence-corrected chi connectivity index (χ0v) is 11.4. The van der Waals surface area contributed by atoms with Crippen LogP contribution in [-0.2, 0) is 11.2 Å². The van der Waals surface area contributed by atoms with E-state index in [1.807, 2.05) is 12.1 Å².